The first kappa shape index (κ1) is 19.7. The molecule has 1 aromatic rings. The second-order valence-electron chi connectivity index (χ2n) is 7.29. The molecule has 2 saturated heterocycles. The minimum atomic E-state index is 0.0116. The van der Waals surface area contributed by atoms with Gasteiger partial charge in [0.15, 0.2) is 0 Å². The first-order valence-electron chi connectivity index (χ1n) is 10.2. The fourth-order valence-corrected chi connectivity index (χ4v) is 3.82. The van der Waals surface area contributed by atoms with Crippen molar-refractivity contribution in [3.05, 3.63) is 29.8 Å². The van der Waals surface area contributed by atoms with E-state index < -0.39 is 0 Å². The maximum Gasteiger partial charge on any atom is 0.257 e. The Bertz CT molecular complexity index is 633. The van der Waals surface area contributed by atoms with Crippen molar-refractivity contribution in [1.29, 1.82) is 0 Å². The van der Waals surface area contributed by atoms with Crippen molar-refractivity contribution in [1.82, 2.24) is 14.7 Å². The molecule has 2 amide bonds. The molecule has 2 fully saturated rings. The highest BCUT2D eigenvalue weighted by Gasteiger charge is 2.26. The van der Waals surface area contributed by atoms with Crippen molar-refractivity contribution < 1.29 is 14.3 Å². The van der Waals surface area contributed by atoms with Gasteiger partial charge in [0.25, 0.3) is 5.91 Å². The van der Waals surface area contributed by atoms with Gasteiger partial charge in [-0.1, -0.05) is 25.0 Å². The van der Waals surface area contributed by atoms with Gasteiger partial charge >= 0.3 is 0 Å². The number of para-hydroxylation sites is 1. The number of benzene rings is 1. The molecule has 0 bridgehead atoms. The summed E-state index contributed by atoms with van der Waals surface area (Å²) in [6.45, 7) is 7.48. The Balaban J connectivity index is 1.51. The van der Waals surface area contributed by atoms with Crippen LogP contribution in [-0.2, 0) is 4.79 Å². The van der Waals surface area contributed by atoms with Crippen molar-refractivity contribution in [3.8, 4) is 5.75 Å². The third-order valence-corrected chi connectivity index (χ3v) is 5.39. The van der Waals surface area contributed by atoms with Crippen molar-refractivity contribution in [2.45, 2.75) is 32.6 Å². The van der Waals surface area contributed by atoms with Crippen molar-refractivity contribution in [2.24, 2.45) is 0 Å². The Morgan fingerprint density at radius 3 is 2.22 bits per heavy atom. The van der Waals surface area contributed by atoms with Crippen LogP contribution in [0.1, 0.15) is 43.0 Å². The SMILES string of the molecule is CCOc1ccccc1C(=O)N1CCN(CC(=O)N2CCCCCC2)CC1. The number of amides is 2. The topological polar surface area (TPSA) is 53.1 Å². The van der Waals surface area contributed by atoms with Crippen LogP contribution < -0.4 is 4.74 Å². The van der Waals surface area contributed by atoms with Crippen LogP contribution in [0.15, 0.2) is 24.3 Å². The lowest BCUT2D eigenvalue weighted by Gasteiger charge is -2.35. The van der Waals surface area contributed by atoms with E-state index in [1.54, 1.807) is 0 Å². The quantitative estimate of drug-likeness (QED) is 0.794. The Morgan fingerprint density at radius 1 is 0.889 bits per heavy atom. The summed E-state index contributed by atoms with van der Waals surface area (Å²) in [5, 5.41) is 0. The van der Waals surface area contributed by atoms with Crippen LogP contribution in [0.25, 0.3) is 0 Å². The van der Waals surface area contributed by atoms with Crippen LogP contribution >= 0.6 is 0 Å². The molecular formula is C21H31N3O3. The van der Waals surface area contributed by atoms with Gasteiger partial charge in [-0.15, -0.1) is 0 Å². The molecular weight excluding hydrogens is 342 g/mol. The lowest BCUT2D eigenvalue weighted by Crippen LogP contribution is -2.51. The zero-order valence-electron chi connectivity index (χ0n) is 16.4. The summed E-state index contributed by atoms with van der Waals surface area (Å²) in [7, 11) is 0. The van der Waals surface area contributed by atoms with Gasteiger partial charge in [0.05, 0.1) is 18.7 Å². The molecule has 6 heteroatoms. The number of carbonyl (C=O) groups excluding carboxylic acids is 2. The lowest BCUT2D eigenvalue weighted by atomic mass is 10.1. The number of piperazine rings is 1. The van der Waals surface area contributed by atoms with Gasteiger partial charge < -0.3 is 14.5 Å². The summed E-state index contributed by atoms with van der Waals surface area (Å²) < 4.78 is 5.59. The van der Waals surface area contributed by atoms with E-state index in [-0.39, 0.29) is 11.8 Å². The molecule has 0 atom stereocenters. The van der Waals surface area contributed by atoms with E-state index in [2.05, 4.69) is 4.90 Å². The number of hydrogen-bond donors (Lipinski definition) is 0. The number of likely N-dealkylation sites (tertiary alicyclic amines) is 1. The average molecular weight is 373 g/mol. The summed E-state index contributed by atoms with van der Waals surface area (Å²) in [6.07, 6.45) is 4.70. The highest BCUT2D eigenvalue weighted by Crippen LogP contribution is 2.20. The molecule has 27 heavy (non-hydrogen) atoms. The summed E-state index contributed by atoms with van der Waals surface area (Å²) in [5.41, 5.74) is 0.619. The summed E-state index contributed by atoms with van der Waals surface area (Å²) in [6, 6.07) is 7.41. The van der Waals surface area contributed by atoms with E-state index in [0.29, 0.717) is 37.6 Å². The molecule has 0 saturated carbocycles. The molecule has 2 heterocycles. The van der Waals surface area contributed by atoms with Crippen molar-refractivity contribution >= 4 is 11.8 Å². The maximum absolute atomic E-state index is 12.9. The first-order valence-corrected chi connectivity index (χ1v) is 10.2. The molecule has 0 radical (unpaired) electrons. The fourth-order valence-electron chi connectivity index (χ4n) is 3.82. The van der Waals surface area contributed by atoms with E-state index in [1.807, 2.05) is 41.0 Å². The Morgan fingerprint density at radius 2 is 1.56 bits per heavy atom. The lowest BCUT2D eigenvalue weighted by molar-refractivity contribution is -0.132. The van der Waals surface area contributed by atoms with Gasteiger partial charge in [-0.2, -0.15) is 0 Å². The molecule has 0 aliphatic carbocycles. The number of hydrogen-bond acceptors (Lipinski definition) is 4. The van der Waals surface area contributed by atoms with Gasteiger partial charge in [-0.3, -0.25) is 14.5 Å². The van der Waals surface area contributed by atoms with E-state index in [9.17, 15) is 9.59 Å². The number of nitrogens with zero attached hydrogens (tertiary/aromatic N) is 3. The zero-order valence-corrected chi connectivity index (χ0v) is 16.4. The van der Waals surface area contributed by atoms with E-state index in [0.717, 1.165) is 39.0 Å². The third-order valence-electron chi connectivity index (χ3n) is 5.39. The third kappa shape index (κ3) is 5.22. The Kier molecular flexibility index (Phi) is 7.10. The highest BCUT2D eigenvalue weighted by atomic mass is 16.5. The summed E-state index contributed by atoms with van der Waals surface area (Å²) in [5.74, 6) is 0.889. The van der Waals surface area contributed by atoms with Crippen LogP contribution in [0, 0.1) is 0 Å². The van der Waals surface area contributed by atoms with Gasteiger partial charge in [0.1, 0.15) is 5.75 Å². The second kappa shape index (κ2) is 9.74. The van der Waals surface area contributed by atoms with Crippen LogP contribution in [0.4, 0.5) is 0 Å². The van der Waals surface area contributed by atoms with E-state index in [4.69, 9.17) is 4.74 Å². The monoisotopic (exact) mass is 373 g/mol. The maximum atomic E-state index is 12.9. The van der Waals surface area contributed by atoms with Gasteiger partial charge in [0, 0.05) is 39.3 Å². The molecule has 1 aromatic carbocycles. The predicted molar refractivity (Wildman–Crippen MR) is 105 cm³/mol. The van der Waals surface area contributed by atoms with Crippen molar-refractivity contribution in [3.63, 3.8) is 0 Å². The summed E-state index contributed by atoms with van der Waals surface area (Å²) in [4.78, 5) is 31.5. The molecule has 6 nitrogen and oxygen atoms in total. The van der Waals surface area contributed by atoms with Crippen LogP contribution in [0.2, 0.25) is 0 Å². The smallest absolute Gasteiger partial charge is 0.257 e. The molecule has 0 unspecified atom stereocenters. The second-order valence-corrected chi connectivity index (χ2v) is 7.29. The number of rotatable bonds is 5. The first-order chi connectivity index (χ1) is 13.2. The van der Waals surface area contributed by atoms with E-state index in [1.165, 1.54) is 12.8 Å². The Hall–Kier alpha value is -2.08. The molecule has 2 aliphatic heterocycles. The van der Waals surface area contributed by atoms with Gasteiger partial charge in [-0.05, 0) is 31.9 Å². The minimum Gasteiger partial charge on any atom is -0.493 e. The molecule has 0 spiro atoms. The normalized spacial score (nSPS) is 18.9. The standard InChI is InChI=1S/C21H31N3O3/c1-2-27-19-10-6-5-9-18(19)21(26)24-15-13-22(14-16-24)17-20(25)23-11-7-3-4-8-12-23/h5-6,9-10H,2-4,7-8,11-17H2,1H3. The minimum absolute atomic E-state index is 0.0116. The van der Waals surface area contributed by atoms with Crippen LogP contribution in [0.5, 0.6) is 5.75 Å². The largest absolute Gasteiger partial charge is 0.493 e. The highest BCUT2D eigenvalue weighted by molar-refractivity contribution is 5.97. The average Bonchev–Trinajstić information content (AvgIpc) is 2.98. The molecule has 148 valence electrons. The fraction of sp³-hybridized carbons (Fsp3) is 0.619. The summed E-state index contributed by atoms with van der Waals surface area (Å²) >= 11 is 0. The van der Waals surface area contributed by atoms with Gasteiger partial charge in [-0.25, -0.2) is 0 Å². The zero-order chi connectivity index (χ0) is 19.1. The van der Waals surface area contributed by atoms with Crippen LogP contribution in [0.3, 0.4) is 0 Å². The van der Waals surface area contributed by atoms with Crippen molar-refractivity contribution in [2.75, 3.05) is 52.4 Å². The van der Waals surface area contributed by atoms with Crippen LogP contribution in [-0.4, -0.2) is 78.9 Å². The van der Waals surface area contributed by atoms with E-state index >= 15 is 0 Å². The molecule has 0 aromatic heterocycles. The molecule has 2 aliphatic rings. The molecule has 0 N–H and O–H groups in total. The Labute approximate surface area is 162 Å². The van der Waals surface area contributed by atoms with Gasteiger partial charge in [0.2, 0.25) is 5.91 Å². The number of carbonyl (C=O) groups is 2. The predicted octanol–water partition coefficient (Wildman–Crippen LogP) is 2.25. The number of ether oxygens (including phenoxy) is 1. The molecule has 3 rings (SSSR count).